The minimum absolute atomic E-state index is 0.0790. The summed E-state index contributed by atoms with van der Waals surface area (Å²) in [5.74, 6) is 0.350. The van der Waals surface area contributed by atoms with Crippen LogP contribution < -0.4 is 16.8 Å². The minimum Gasteiger partial charge on any atom is -0.397 e. The average Bonchev–Trinajstić information content (AvgIpc) is 2.49. The number of hydrogen-bond acceptors (Lipinski definition) is 6. The number of thioether (sulfide) groups is 1. The third-order valence-corrected chi connectivity index (χ3v) is 4.36. The van der Waals surface area contributed by atoms with Crippen LogP contribution in [0.5, 0.6) is 0 Å². The standard InChI is InChI=1S/C16H25N5OS/c1-3-4-5-6-7-11(2)20-15(22)10-23-16-12(9-17)13(18)8-14(19)21-16/h8,11H,3-7,10H2,1-2H3,(H,20,22)(H4,18,19,21)/t11-/m1/s1. The van der Waals surface area contributed by atoms with Crippen molar-refractivity contribution in [2.45, 2.75) is 57.0 Å². The Labute approximate surface area is 142 Å². The van der Waals surface area contributed by atoms with Crippen molar-refractivity contribution < 1.29 is 4.79 Å². The highest BCUT2D eigenvalue weighted by Crippen LogP contribution is 2.26. The number of nitrogen functional groups attached to an aromatic ring is 2. The molecule has 1 aromatic heterocycles. The zero-order valence-corrected chi connectivity index (χ0v) is 14.6. The Balaban J connectivity index is 2.46. The summed E-state index contributed by atoms with van der Waals surface area (Å²) in [6.07, 6.45) is 5.73. The lowest BCUT2D eigenvalue weighted by Crippen LogP contribution is -2.33. The number of hydrogen-bond donors (Lipinski definition) is 3. The number of amides is 1. The van der Waals surface area contributed by atoms with E-state index in [0.717, 1.165) is 12.8 Å². The van der Waals surface area contributed by atoms with E-state index in [1.54, 1.807) is 0 Å². The molecular weight excluding hydrogens is 310 g/mol. The second-order valence-corrected chi connectivity index (χ2v) is 6.50. The van der Waals surface area contributed by atoms with E-state index in [-0.39, 0.29) is 34.8 Å². The van der Waals surface area contributed by atoms with Crippen LogP contribution in [0, 0.1) is 11.3 Å². The number of anilines is 2. The summed E-state index contributed by atoms with van der Waals surface area (Å²) in [6, 6.07) is 3.59. The maximum atomic E-state index is 12.0. The lowest BCUT2D eigenvalue weighted by Gasteiger charge is -2.14. The van der Waals surface area contributed by atoms with Crippen molar-refractivity contribution in [2.24, 2.45) is 0 Å². The van der Waals surface area contributed by atoms with E-state index in [4.69, 9.17) is 16.7 Å². The van der Waals surface area contributed by atoms with Gasteiger partial charge >= 0.3 is 0 Å². The van der Waals surface area contributed by atoms with Crippen LogP contribution in [-0.2, 0) is 4.79 Å². The van der Waals surface area contributed by atoms with E-state index in [9.17, 15) is 4.79 Å². The molecule has 1 rings (SSSR count). The molecule has 0 fully saturated rings. The Kier molecular flexibility index (Phi) is 8.27. The molecule has 1 heterocycles. The molecule has 0 bridgehead atoms. The minimum atomic E-state index is -0.0790. The molecular formula is C16H25N5OS. The molecule has 0 unspecified atom stereocenters. The van der Waals surface area contributed by atoms with Crippen molar-refractivity contribution in [1.82, 2.24) is 10.3 Å². The predicted molar refractivity (Wildman–Crippen MR) is 94.9 cm³/mol. The number of pyridine rings is 1. The van der Waals surface area contributed by atoms with Gasteiger partial charge in [0, 0.05) is 12.1 Å². The van der Waals surface area contributed by atoms with Crippen molar-refractivity contribution in [1.29, 1.82) is 5.26 Å². The van der Waals surface area contributed by atoms with Crippen molar-refractivity contribution in [3.63, 3.8) is 0 Å². The van der Waals surface area contributed by atoms with E-state index < -0.39 is 0 Å². The lowest BCUT2D eigenvalue weighted by molar-refractivity contribution is -0.119. The summed E-state index contributed by atoms with van der Waals surface area (Å²) in [5.41, 5.74) is 11.9. The zero-order valence-electron chi connectivity index (χ0n) is 13.8. The molecule has 1 aromatic rings. The summed E-state index contributed by atoms with van der Waals surface area (Å²) >= 11 is 1.18. The SMILES string of the molecule is CCCCCC[C@@H](C)NC(=O)CSc1nc(N)cc(N)c1C#N. The summed E-state index contributed by atoms with van der Waals surface area (Å²) in [4.78, 5) is 16.1. The Morgan fingerprint density at radius 2 is 2.17 bits per heavy atom. The largest absolute Gasteiger partial charge is 0.397 e. The highest BCUT2D eigenvalue weighted by atomic mass is 32.2. The number of aromatic nitrogens is 1. The number of nitriles is 1. The molecule has 0 aromatic carbocycles. The van der Waals surface area contributed by atoms with Crippen LogP contribution in [0.25, 0.3) is 0 Å². The van der Waals surface area contributed by atoms with Crippen LogP contribution in [0.2, 0.25) is 0 Å². The number of nitrogens with zero attached hydrogens (tertiary/aromatic N) is 2. The summed E-state index contributed by atoms with van der Waals surface area (Å²) in [5, 5.41) is 12.5. The van der Waals surface area contributed by atoms with Gasteiger partial charge in [0.2, 0.25) is 5.91 Å². The number of carbonyl (C=O) groups is 1. The molecule has 0 saturated carbocycles. The Morgan fingerprint density at radius 3 is 2.83 bits per heavy atom. The monoisotopic (exact) mass is 335 g/mol. The molecule has 5 N–H and O–H groups in total. The first kappa shape index (κ1) is 19.1. The van der Waals surface area contributed by atoms with Gasteiger partial charge in [-0.25, -0.2) is 4.98 Å². The number of rotatable bonds is 9. The summed E-state index contributed by atoms with van der Waals surface area (Å²) < 4.78 is 0. The van der Waals surface area contributed by atoms with Crippen LogP contribution in [0.15, 0.2) is 11.1 Å². The summed E-state index contributed by atoms with van der Waals surface area (Å²) in [6.45, 7) is 4.18. The molecule has 0 saturated heterocycles. The van der Waals surface area contributed by atoms with Gasteiger partial charge in [-0.1, -0.05) is 44.4 Å². The van der Waals surface area contributed by atoms with Gasteiger partial charge in [-0.2, -0.15) is 5.26 Å². The molecule has 0 spiro atoms. The van der Waals surface area contributed by atoms with Crippen molar-refractivity contribution in [3.05, 3.63) is 11.6 Å². The van der Waals surface area contributed by atoms with Crippen molar-refractivity contribution in [2.75, 3.05) is 17.2 Å². The molecule has 1 amide bonds. The summed E-state index contributed by atoms with van der Waals surface area (Å²) in [7, 11) is 0. The Hall–Kier alpha value is -1.94. The molecule has 126 valence electrons. The average molecular weight is 335 g/mol. The maximum Gasteiger partial charge on any atom is 0.230 e. The van der Waals surface area contributed by atoms with Gasteiger partial charge in [-0.3, -0.25) is 4.79 Å². The van der Waals surface area contributed by atoms with E-state index in [1.807, 2.05) is 13.0 Å². The van der Waals surface area contributed by atoms with Crippen LogP contribution in [0.3, 0.4) is 0 Å². The highest BCUT2D eigenvalue weighted by Gasteiger charge is 2.13. The molecule has 0 radical (unpaired) electrons. The molecule has 7 heteroatoms. The van der Waals surface area contributed by atoms with Gasteiger partial charge in [-0.15, -0.1) is 0 Å². The number of nitrogens with two attached hydrogens (primary N) is 2. The van der Waals surface area contributed by atoms with Gasteiger partial charge in [-0.05, 0) is 13.3 Å². The second-order valence-electron chi connectivity index (χ2n) is 5.53. The van der Waals surface area contributed by atoms with Crippen molar-refractivity contribution in [3.8, 4) is 6.07 Å². The fraction of sp³-hybridized carbons (Fsp3) is 0.562. The number of carbonyl (C=O) groups excluding carboxylic acids is 1. The van der Waals surface area contributed by atoms with E-state index in [0.29, 0.717) is 5.03 Å². The quantitative estimate of drug-likeness (QED) is 0.471. The van der Waals surface area contributed by atoms with Crippen LogP contribution >= 0.6 is 11.8 Å². The molecule has 0 aliphatic carbocycles. The third-order valence-electron chi connectivity index (χ3n) is 3.39. The molecule has 1 atom stereocenters. The first-order valence-corrected chi connectivity index (χ1v) is 8.84. The third kappa shape index (κ3) is 6.78. The van der Waals surface area contributed by atoms with Crippen LogP contribution in [0.1, 0.15) is 51.5 Å². The fourth-order valence-electron chi connectivity index (χ4n) is 2.18. The first-order chi connectivity index (χ1) is 11.0. The maximum absolute atomic E-state index is 12.0. The van der Waals surface area contributed by atoms with Gasteiger partial charge in [0.15, 0.2) is 0 Å². The number of unbranched alkanes of at least 4 members (excludes halogenated alkanes) is 3. The topological polar surface area (TPSA) is 118 Å². The van der Waals surface area contributed by atoms with Crippen LogP contribution in [-0.4, -0.2) is 22.7 Å². The van der Waals surface area contributed by atoms with E-state index in [2.05, 4.69) is 17.2 Å². The van der Waals surface area contributed by atoms with Crippen LogP contribution in [0.4, 0.5) is 11.5 Å². The molecule has 0 aliphatic heterocycles. The molecule has 6 nitrogen and oxygen atoms in total. The molecule has 23 heavy (non-hydrogen) atoms. The van der Waals surface area contributed by atoms with Gasteiger partial charge in [0.05, 0.1) is 11.4 Å². The Bertz CT molecular complexity index is 570. The predicted octanol–water partition coefficient (Wildman–Crippen LogP) is 2.68. The molecule has 0 aliphatic rings. The number of nitrogens with one attached hydrogen (secondary N) is 1. The lowest BCUT2D eigenvalue weighted by atomic mass is 10.1. The second kappa shape index (κ2) is 9.95. The van der Waals surface area contributed by atoms with Crippen molar-refractivity contribution >= 4 is 29.2 Å². The van der Waals surface area contributed by atoms with E-state index >= 15 is 0 Å². The van der Waals surface area contributed by atoms with E-state index in [1.165, 1.54) is 37.1 Å². The smallest absolute Gasteiger partial charge is 0.230 e. The van der Waals surface area contributed by atoms with Gasteiger partial charge in [0.25, 0.3) is 0 Å². The highest BCUT2D eigenvalue weighted by molar-refractivity contribution is 8.00. The fourth-order valence-corrected chi connectivity index (χ4v) is 3.01. The first-order valence-electron chi connectivity index (χ1n) is 7.86. The normalized spacial score (nSPS) is 11.7. The van der Waals surface area contributed by atoms with Gasteiger partial charge in [0.1, 0.15) is 22.5 Å². The van der Waals surface area contributed by atoms with Gasteiger partial charge < -0.3 is 16.8 Å². The zero-order chi connectivity index (χ0) is 17.2. The Morgan fingerprint density at radius 1 is 1.43 bits per heavy atom.